The van der Waals surface area contributed by atoms with Gasteiger partial charge in [0.25, 0.3) is 17.7 Å². The van der Waals surface area contributed by atoms with Crippen LogP contribution in [0, 0.1) is 3.57 Å². The predicted octanol–water partition coefficient (Wildman–Crippen LogP) is 1.23. The third-order valence-electron chi connectivity index (χ3n) is 3.78. The Morgan fingerprint density at radius 3 is 2.42 bits per heavy atom. The van der Waals surface area contributed by atoms with Gasteiger partial charge in [-0.25, -0.2) is 0 Å². The summed E-state index contributed by atoms with van der Waals surface area (Å²) < 4.78 is 0.952. The van der Waals surface area contributed by atoms with Crippen LogP contribution in [-0.4, -0.2) is 48.2 Å². The Morgan fingerprint density at radius 2 is 1.73 bits per heavy atom. The fourth-order valence-corrected chi connectivity index (χ4v) is 2.95. The lowest BCUT2D eigenvalue weighted by molar-refractivity contribution is -0.136. The molecule has 7 nitrogen and oxygen atoms in total. The van der Waals surface area contributed by atoms with E-state index in [0.29, 0.717) is 25.1 Å². The van der Waals surface area contributed by atoms with Gasteiger partial charge in [-0.3, -0.25) is 24.1 Å². The fourth-order valence-electron chi connectivity index (χ4n) is 2.41. The lowest BCUT2D eigenvalue weighted by Crippen LogP contribution is -2.37. The SMILES string of the molecule is O=C(CNC(=O)c1cccc(I)c1)NCCCCCN1C(=O)C=CC1=O. The van der Waals surface area contributed by atoms with Crippen molar-refractivity contribution in [3.05, 3.63) is 45.6 Å². The van der Waals surface area contributed by atoms with Gasteiger partial charge in [-0.2, -0.15) is 0 Å². The van der Waals surface area contributed by atoms with Crippen molar-refractivity contribution in [1.29, 1.82) is 0 Å². The second-order valence-electron chi connectivity index (χ2n) is 5.77. The molecule has 8 heteroatoms. The molecule has 0 spiro atoms. The van der Waals surface area contributed by atoms with E-state index in [4.69, 9.17) is 0 Å². The minimum Gasteiger partial charge on any atom is -0.355 e. The number of nitrogens with one attached hydrogen (secondary N) is 2. The maximum atomic E-state index is 11.9. The Labute approximate surface area is 165 Å². The molecular weight excluding hydrogens is 449 g/mol. The summed E-state index contributed by atoms with van der Waals surface area (Å²) in [5, 5.41) is 5.31. The topological polar surface area (TPSA) is 95.6 Å². The Morgan fingerprint density at radius 1 is 1.00 bits per heavy atom. The largest absolute Gasteiger partial charge is 0.355 e. The molecule has 1 aliphatic heterocycles. The maximum absolute atomic E-state index is 11.9. The summed E-state index contributed by atoms with van der Waals surface area (Å²) >= 11 is 2.12. The van der Waals surface area contributed by atoms with Crippen molar-refractivity contribution in [2.75, 3.05) is 19.6 Å². The highest BCUT2D eigenvalue weighted by Crippen LogP contribution is 2.07. The summed E-state index contributed by atoms with van der Waals surface area (Å²) in [7, 11) is 0. The van der Waals surface area contributed by atoms with E-state index in [0.717, 1.165) is 16.4 Å². The monoisotopic (exact) mass is 469 g/mol. The van der Waals surface area contributed by atoms with Gasteiger partial charge < -0.3 is 10.6 Å². The number of unbranched alkanes of at least 4 members (excludes halogenated alkanes) is 2. The molecule has 1 aromatic rings. The van der Waals surface area contributed by atoms with Gasteiger partial charge in [-0.05, 0) is 60.1 Å². The molecular formula is C18H20IN3O4. The van der Waals surface area contributed by atoms with Gasteiger partial charge in [0.15, 0.2) is 0 Å². The average Bonchev–Trinajstić information content (AvgIpc) is 2.94. The van der Waals surface area contributed by atoms with Crippen molar-refractivity contribution in [3.63, 3.8) is 0 Å². The van der Waals surface area contributed by atoms with E-state index in [1.165, 1.54) is 17.1 Å². The molecule has 0 atom stereocenters. The molecule has 0 aliphatic carbocycles. The molecule has 0 fully saturated rings. The first-order chi connectivity index (χ1) is 12.5. The maximum Gasteiger partial charge on any atom is 0.253 e. The van der Waals surface area contributed by atoms with Gasteiger partial charge in [0.1, 0.15) is 0 Å². The lowest BCUT2D eigenvalue weighted by Gasteiger charge is -2.13. The Balaban J connectivity index is 1.54. The van der Waals surface area contributed by atoms with Crippen LogP contribution in [0.15, 0.2) is 36.4 Å². The van der Waals surface area contributed by atoms with Crippen molar-refractivity contribution in [2.24, 2.45) is 0 Å². The van der Waals surface area contributed by atoms with Crippen LogP contribution in [0.1, 0.15) is 29.6 Å². The molecule has 0 saturated carbocycles. The molecule has 1 heterocycles. The molecule has 1 aromatic carbocycles. The quantitative estimate of drug-likeness (QED) is 0.323. The summed E-state index contributed by atoms with van der Waals surface area (Å²) in [6.07, 6.45) is 4.76. The van der Waals surface area contributed by atoms with Crippen LogP contribution in [0.25, 0.3) is 0 Å². The molecule has 0 unspecified atom stereocenters. The normalized spacial score (nSPS) is 13.2. The van der Waals surface area contributed by atoms with Crippen LogP contribution in [0.3, 0.4) is 0 Å². The van der Waals surface area contributed by atoms with E-state index in [-0.39, 0.29) is 30.2 Å². The van der Waals surface area contributed by atoms with Crippen molar-refractivity contribution in [2.45, 2.75) is 19.3 Å². The minimum atomic E-state index is -0.285. The third-order valence-corrected chi connectivity index (χ3v) is 4.45. The van der Waals surface area contributed by atoms with E-state index >= 15 is 0 Å². The average molecular weight is 469 g/mol. The van der Waals surface area contributed by atoms with Crippen molar-refractivity contribution < 1.29 is 19.2 Å². The minimum absolute atomic E-state index is 0.0766. The van der Waals surface area contributed by atoms with Gasteiger partial charge in [-0.1, -0.05) is 6.07 Å². The first-order valence-electron chi connectivity index (χ1n) is 8.31. The Bertz CT molecular complexity index is 715. The zero-order valence-corrected chi connectivity index (χ0v) is 16.3. The molecule has 0 radical (unpaired) electrons. The number of amides is 4. The molecule has 4 amide bonds. The van der Waals surface area contributed by atoms with Gasteiger partial charge in [-0.15, -0.1) is 0 Å². The number of hydrogen-bond donors (Lipinski definition) is 2. The highest BCUT2D eigenvalue weighted by atomic mass is 127. The highest BCUT2D eigenvalue weighted by Gasteiger charge is 2.22. The molecule has 138 valence electrons. The molecule has 0 saturated heterocycles. The first-order valence-corrected chi connectivity index (χ1v) is 9.39. The lowest BCUT2D eigenvalue weighted by atomic mass is 10.2. The summed E-state index contributed by atoms with van der Waals surface area (Å²) in [4.78, 5) is 47.6. The summed E-state index contributed by atoms with van der Waals surface area (Å²) in [5.74, 6) is -1.08. The second-order valence-corrected chi connectivity index (χ2v) is 7.01. The summed E-state index contributed by atoms with van der Waals surface area (Å²) in [6, 6.07) is 7.12. The number of carbonyl (C=O) groups is 4. The predicted molar refractivity (Wildman–Crippen MR) is 104 cm³/mol. The van der Waals surface area contributed by atoms with Gasteiger partial charge in [0.2, 0.25) is 5.91 Å². The smallest absolute Gasteiger partial charge is 0.253 e. The van der Waals surface area contributed by atoms with Crippen molar-refractivity contribution in [3.8, 4) is 0 Å². The van der Waals surface area contributed by atoms with Crippen LogP contribution in [-0.2, 0) is 14.4 Å². The van der Waals surface area contributed by atoms with E-state index in [9.17, 15) is 19.2 Å². The van der Waals surface area contributed by atoms with Crippen LogP contribution in [0.2, 0.25) is 0 Å². The van der Waals surface area contributed by atoms with E-state index in [1.54, 1.807) is 18.2 Å². The molecule has 2 rings (SSSR count). The molecule has 1 aliphatic rings. The number of imide groups is 1. The molecule has 26 heavy (non-hydrogen) atoms. The van der Waals surface area contributed by atoms with E-state index in [1.807, 2.05) is 6.07 Å². The zero-order chi connectivity index (χ0) is 18.9. The number of carbonyl (C=O) groups excluding carboxylic acids is 4. The molecule has 0 bridgehead atoms. The van der Waals surface area contributed by atoms with Gasteiger partial charge in [0.05, 0.1) is 6.54 Å². The Kier molecular flexibility index (Phi) is 7.76. The number of benzene rings is 1. The van der Waals surface area contributed by atoms with Crippen molar-refractivity contribution in [1.82, 2.24) is 15.5 Å². The standard InChI is InChI=1S/C18H20IN3O4/c19-14-6-4-5-13(11-14)18(26)21-12-15(23)20-9-2-1-3-10-22-16(24)7-8-17(22)25/h4-8,11H,1-3,9-10,12H2,(H,20,23)(H,21,26). The fraction of sp³-hybridized carbons (Fsp3) is 0.333. The summed E-state index contributed by atoms with van der Waals surface area (Å²) in [5.41, 5.74) is 0.519. The highest BCUT2D eigenvalue weighted by molar-refractivity contribution is 14.1. The summed E-state index contributed by atoms with van der Waals surface area (Å²) in [6.45, 7) is 0.801. The third kappa shape index (κ3) is 6.25. The van der Waals surface area contributed by atoms with Gasteiger partial charge >= 0.3 is 0 Å². The van der Waals surface area contributed by atoms with Crippen LogP contribution < -0.4 is 10.6 Å². The van der Waals surface area contributed by atoms with E-state index < -0.39 is 0 Å². The van der Waals surface area contributed by atoms with E-state index in [2.05, 4.69) is 33.2 Å². The number of hydrogen-bond acceptors (Lipinski definition) is 4. The molecule has 0 aromatic heterocycles. The number of rotatable bonds is 9. The van der Waals surface area contributed by atoms with Crippen LogP contribution in [0.4, 0.5) is 0 Å². The van der Waals surface area contributed by atoms with Crippen LogP contribution >= 0.6 is 22.6 Å². The van der Waals surface area contributed by atoms with Gasteiger partial charge in [0, 0.05) is 34.4 Å². The molecule has 2 N–H and O–H groups in total. The first kappa shape index (κ1) is 20.1. The second kappa shape index (κ2) is 10.0. The van der Waals surface area contributed by atoms with Crippen molar-refractivity contribution >= 4 is 46.2 Å². The number of nitrogens with zero attached hydrogens (tertiary/aromatic N) is 1. The zero-order valence-electron chi connectivity index (χ0n) is 14.2. The van der Waals surface area contributed by atoms with Crippen LogP contribution in [0.5, 0.6) is 0 Å². The number of halogens is 1. The Hall–Kier alpha value is -2.23.